The second-order valence-electron chi connectivity index (χ2n) is 9.00. The SMILES string of the molecule is CC(C)c1nccn1Cc1cccc(NC(=O)NCc2ccc(N3CCCCCC3)nc2)c1. The molecule has 1 saturated heterocycles. The van der Waals surface area contributed by atoms with Gasteiger partial charge in [0.15, 0.2) is 0 Å². The largest absolute Gasteiger partial charge is 0.357 e. The molecule has 2 amide bonds. The molecule has 33 heavy (non-hydrogen) atoms. The summed E-state index contributed by atoms with van der Waals surface area (Å²) in [6.45, 7) is 7.58. The number of nitrogens with zero attached hydrogens (tertiary/aromatic N) is 4. The standard InChI is InChI=1S/C26H34N6O/c1-20(2)25-27-12-15-32(25)19-21-8-7-9-23(16-21)30-26(33)29-18-22-10-11-24(28-17-22)31-13-5-3-4-6-14-31/h7-12,15-17,20H,3-6,13-14,18-19H2,1-2H3,(H2,29,30,33). The number of nitrogens with one attached hydrogen (secondary N) is 2. The zero-order valence-corrected chi connectivity index (χ0v) is 19.6. The molecule has 1 aliphatic rings. The first-order valence-corrected chi connectivity index (χ1v) is 11.9. The molecule has 7 nitrogen and oxygen atoms in total. The second kappa shape index (κ2) is 11.0. The van der Waals surface area contributed by atoms with Gasteiger partial charge in [-0.05, 0) is 42.2 Å². The van der Waals surface area contributed by atoms with Crippen molar-refractivity contribution < 1.29 is 4.79 Å². The number of aromatic nitrogens is 3. The Kier molecular flexibility index (Phi) is 7.60. The van der Waals surface area contributed by atoms with Crippen molar-refractivity contribution in [3.63, 3.8) is 0 Å². The van der Waals surface area contributed by atoms with Crippen LogP contribution in [0.25, 0.3) is 0 Å². The minimum Gasteiger partial charge on any atom is -0.357 e. The first-order chi connectivity index (χ1) is 16.1. The molecule has 2 aromatic heterocycles. The van der Waals surface area contributed by atoms with Crippen LogP contribution in [0.2, 0.25) is 0 Å². The Hall–Kier alpha value is -3.35. The summed E-state index contributed by atoms with van der Waals surface area (Å²) in [5.41, 5.74) is 2.87. The van der Waals surface area contributed by atoms with Crippen LogP contribution < -0.4 is 15.5 Å². The van der Waals surface area contributed by atoms with Gasteiger partial charge < -0.3 is 20.1 Å². The van der Waals surface area contributed by atoms with Gasteiger partial charge in [0.1, 0.15) is 11.6 Å². The van der Waals surface area contributed by atoms with Crippen LogP contribution in [-0.4, -0.2) is 33.7 Å². The average molecular weight is 447 g/mol. The first-order valence-electron chi connectivity index (χ1n) is 11.9. The van der Waals surface area contributed by atoms with Gasteiger partial charge in [0.25, 0.3) is 0 Å². The number of anilines is 2. The number of pyridine rings is 1. The molecule has 0 aliphatic carbocycles. The Morgan fingerprint density at radius 1 is 1.03 bits per heavy atom. The van der Waals surface area contributed by atoms with Gasteiger partial charge in [-0.25, -0.2) is 14.8 Å². The molecule has 3 aromatic rings. The van der Waals surface area contributed by atoms with Gasteiger partial charge in [-0.3, -0.25) is 0 Å². The van der Waals surface area contributed by atoms with Crippen LogP contribution in [0.5, 0.6) is 0 Å². The Balaban J connectivity index is 1.29. The van der Waals surface area contributed by atoms with E-state index in [0.29, 0.717) is 12.5 Å². The van der Waals surface area contributed by atoms with Crippen LogP contribution >= 0.6 is 0 Å². The van der Waals surface area contributed by atoms with Gasteiger partial charge in [-0.1, -0.05) is 44.9 Å². The number of urea groups is 1. The normalized spacial score (nSPS) is 14.2. The van der Waals surface area contributed by atoms with Crippen LogP contribution in [-0.2, 0) is 13.1 Å². The van der Waals surface area contributed by atoms with Gasteiger partial charge in [0.2, 0.25) is 0 Å². The maximum atomic E-state index is 12.4. The molecule has 0 bridgehead atoms. The van der Waals surface area contributed by atoms with Crippen molar-refractivity contribution in [2.75, 3.05) is 23.3 Å². The lowest BCUT2D eigenvalue weighted by molar-refractivity contribution is 0.251. The minimum atomic E-state index is -0.228. The lowest BCUT2D eigenvalue weighted by atomic mass is 10.1. The third-order valence-corrected chi connectivity index (χ3v) is 5.99. The second-order valence-corrected chi connectivity index (χ2v) is 9.00. The Bertz CT molecular complexity index is 1030. The first kappa shape index (κ1) is 22.8. The van der Waals surface area contributed by atoms with Crippen molar-refractivity contribution in [2.45, 2.75) is 58.5 Å². The monoisotopic (exact) mass is 446 g/mol. The topological polar surface area (TPSA) is 75.1 Å². The summed E-state index contributed by atoms with van der Waals surface area (Å²) in [6, 6.07) is 11.8. The molecule has 1 aliphatic heterocycles. The van der Waals surface area contributed by atoms with Gasteiger partial charge in [-0.2, -0.15) is 0 Å². The van der Waals surface area contributed by atoms with Crippen LogP contribution in [0.4, 0.5) is 16.3 Å². The van der Waals surface area contributed by atoms with Crippen LogP contribution in [0.15, 0.2) is 55.0 Å². The highest BCUT2D eigenvalue weighted by atomic mass is 16.2. The quantitative estimate of drug-likeness (QED) is 0.526. The number of amides is 2. The Labute approximate surface area is 196 Å². The summed E-state index contributed by atoms with van der Waals surface area (Å²) in [5, 5.41) is 5.86. The third kappa shape index (κ3) is 6.34. The van der Waals surface area contributed by atoms with Crippen LogP contribution in [0.1, 0.15) is 62.4 Å². The molecule has 4 rings (SSSR count). The number of imidazole rings is 1. The maximum Gasteiger partial charge on any atom is 0.319 e. The van der Waals surface area contributed by atoms with E-state index in [1.165, 1.54) is 25.7 Å². The summed E-state index contributed by atoms with van der Waals surface area (Å²) < 4.78 is 2.14. The predicted octanol–water partition coefficient (Wildman–Crippen LogP) is 5.15. The molecule has 2 N–H and O–H groups in total. The van der Waals surface area contributed by atoms with Crippen LogP contribution in [0, 0.1) is 0 Å². The summed E-state index contributed by atoms with van der Waals surface area (Å²) in [5.74, 6) is 2.45. The van der Waals surface area contributed by atoms with Crippen molar-refractivity contribution in [3.05, 3.63) is 71.9 Å². The molecular formula is C26H34N6O. The maximum absolute atomic E-state index is 12.4. The molecule has 1 fully saturated rings. The van der Waals surface area contributed by atoms with Gasteiger partial charge in [-0.15, -0.1) is 0 Å². The van der Waals surface area contributed by atoms with E-state index < -0.39 is 0 Å². The number of carbonyl (C=O) groups is 1. The fourth-order valence-electron chi connectivity index (χ4n) is 4.26. The molecule has 0 saturated carbocycles. The zero-order chi connectivity index (χ0) is 23.0. The molecule has 0 spiro atoms. The molecule has 7 heteroatoms. The molecule has 3 heterocycles. The molecule has 174 valence electrons. The highest BCUT2D eigenvalue weighted by Gasteiger charge is 2.11. The van der Waals surface area contributed by atoms with E-state index >= 15 is 0 Å². The lowest BCUT2D eigenvalue weighted by Crippen LogP contribution is -2.28. The summed E-state index contributed by atoms with van der Waals surface area (Å²) in [4.78, 5) is 23.9. The Morgan fingerprint density at radius 3 is 2.58 bits per heavy atom. The van der Waals surface area contributed by atoms with E-state index in [1.54, 1.807) is 0 Å². The fraction of sp³-hybridized carbons (Fsp3) is 0.423. The zero-order valence-electron chi connectivity index (χ0n) is 19.6. The van der Waals surface area contributed by atoms with E-state index in [9.17, 15) is 4.79 Å². The predicted molar refractivity (Wildman–Crippen MR) is 133 cm³/mol. The summed E-state index contributed by atoms with van der Waals surface area (Å²) in [6.07, 6.45) is 10.8. The van der Waals surface area contributed by atoms with Crippen molar-refractivity contribution in [1.82, 2.24) is 19.9 Å². The average Bonchev–Trinajstić information content (AvgIpc) is 3.10. The molecule has 0 radical (unpaired) electrons. The minimum absolute atomic E-state index is 0.228. The van der Waals surface area contributed by atoms with Crippen molar-refractivity contribution in [1.29, 1.82) is 0 Å². The van der Waals surface area contributed by atoms with Crippen molar-refractivity contribution in [3.8, 4) is 0 Å². The molecular weight excluding hydrogens is 412 g/mol. The highest BCUT2D eigenvalue weighted by Crippen LogP contribution is 2.18. The van der Waals surface area contributed by atoms with Crippen LogP contribution in [0.3, 0.4) is 0 Å². The fourth-order valence-corrected chi connectivity index (χ4v) is 4.26. The van der Waals surface area contributed by atoms with Gasteiger partial charge in [0.05, 0.1) is 0 Å². The number of hydrogen-bond donors (Lipinski definition) is 2. The number of hydrogen-bond acceptors (Lipinski definition) is 4. The Morgan fingerprint density at radius 2 is 1.85 bits per heavy atom. The van der Waals surface area contributed by atoms with E-state index in [0.717, 1.165) is 48.1 Å². The third-order valence-electron chi connectivity index (χ3n) is 5.99. The van der Waals surface area contributed by atoms with E-state index in [2.05, 4.69) is 56.0 Å². The van der Waals surface area contributed by atoms with Gasteiger partial charge >= 0.3 is 6.03 Å². The summed E-state index contributed by atoms with van der Waals surface area (Å²) in [7, 11) is 0. The highest BCUT2D eigenvalue weighted by molar-refractivity contribution is 5.89. The summed E-state index contributed by atoms with van der Waals surface area (Å²) >= 11 is 0. The number of carbonyl (C=O) groups excluding carboxylic acids is 1. The van der Waals surface area contributed by atoms with E-state index in [4.69, 9.17) is 0 Å². The van der Waals surface area contributed by atoms with E-state index in [1.807, 2.05) is 42.9 Å². The van der Waals surface area contributed by atoms with Crippen molar-refractivity contribution >= 4 is 17.5 Å². The molecule has 0 atom stereocenters. The van der Waals surface area contributed by atoms with Gasteiger partial charge in [0, 0.05) is 56.4 Å². The lowest BCUT2D eigenvalue weighted by Gasteiger charge is -2.21. The number of benzene rings is 1. The van der Waals surface area contributed by atoms with E-state index in [-0.39, 0.29) is 6.03 Å². The van der Waals surface area contributed by atoms with Crippen molar-refractivity contribution in [2.24, 2.45) is 0 Å². The number of rotatable bonds is 7. The smallest absolute Gasteiger partial charge is 0.319 e. The molecule has 0 unspecified atom stereocenters. The molecule has 1 aromatic carbocycles.